The van der Waals surface area contributed by atoms with Gasteiger partial charge in [-0.2, -0.15) is 0 Å². The van der Waals surface area contributed by atoms with Crippen LogP contribution in [0.5, 0.6) is 0 Å². The maximum atomic E-state index is 12.0. The SMILES string of the molecule is CNC(=O)OC(C)(c1ccccc1)c1cccc2ccccc12. The Morgan fingerprint density at radius 1 is 0.913 bits per heavy atom. The van der Waals surface area contributed by atoms with Gasteiger partial charge in [-0.15, -0.1) is 0 Å². The first-order valence-corrected chi connectivity index (χ1v) is 7.59. The number of amides is 1. The summed E-state index contributed by atoms with van der Waals surface area (Å²) in [6.07, 6.45) is -0.454. The third-order valence-electron chi connectivity index (χ3n) is 4.13. The lowest BCUT2D eigenvalue weighted by molar-refractivity contribution is 0.0547. The summed E-state index contributed by atoms with van der Waals surface area (Å²) < 4.78 is 5.82. The van der Waals surface area contributed by atoms with Gasteiger partial charge in [0.05, 0.1) is 0 Å². The lowest BCUT2D eigenvalue weighted by Gasteiger charge is -2.31. The minimum absolute atomic E-state index is 0.454. The van der Waals surface area contributed by atoms with Gasteiger partial charge in [0.15, 0.2) is 5.60 Å². The molecule has 0 saturated heterocycles. The smallest absolute Gasteiger partial charge is 0.408 e. The van der Waals surface area contributed by atoms with Crippen molar-refractivity contribution in [2.45, 2.75) is 12.5 Å². The van der Waals surface area contributed by atoms with Gasteiger partial charge in [-0.25, -0.2) is 4.79 Å². The summed E-state index contributed by atoms with van der Waals surface area (Å²) in [7, 11) is 1.57. The Kier molecular flexibility index (Phi) is 4.02. The highest BCUT2D eigenvalue weighted by atomic mass is 16.6. The van der Waals surface area contributed by atoms with Gasteiger partial charge in [0.25, 0.3) is 0 Å². The predicted octanol–water partition coefficient (Wildman–Crippen LogP) is 4.46. The average Bonchev–Trinajstić information content (AvgIpc) is 2.61. The molecule has 3 heteroatoms. The molecule has 1 atom stereocenters. The summed E-state index contributed by atoms with van der Waals surface area (Å²) in [5, 5.41) is 4.74. The molecule has 0 aromatic heterocycles. The van der Waals surface area contributed by atoms with E-state index < -0.39 is 11.7 Å². The van der Waals surface area contributed by atoms with Crippen LogP contribution >= 0.6 is 0 Å². The molecule has 0 aliphatic rings. The van der Waals surface area contributed by atoms with E-state index in [9.17, 15) is 4.79 Å². The minimum Gasteiger partial charge on any atom is -0.433 e. The molecule has 1 amide bonds. The molecule has 116 valence electrons. The molecule has 0 bridgehead atoms. The average molecular weight is 305 g/mol. The fourth-order valence-electron chi connectivity index (χ4n) is 2.90. The summed E-state index contributed by atoms with van der Waals surface area (Å²) in [6.45, 7) is 1.93. The second-order valence-corrected chi connectivity index (χ2v) is 5.57. The van der Waals surface area contributed by atoms with Gasteiger partial charge in [0.2, 0.25) is 0 Å². The highest BCUT2D eigenvalue weighted by molar-refractivity contribution is 5.87. The molecule has 0 heterocycles. The number of hydrogen-bond donors (Lipinski definition) is 1. The number of nitrogens with one attached hydrogen (secondary N) is 1. The summed E-state index contributed by atoms with van der Waals surface area (Å²) in [6, 6.07) is 24.0. The molecular weight excluding hydrogens is 286 g/mol. The first-order chi connectivity index (χ1) is 11.1. The van der Waals surface area contributed by atoms with Gasteiger partial charge in [-0.3, -0.25) is 0 Å². The maximum Gasteiger partial charge on any atom is 0.408 e. The van der Waals surface area contributed by atoms with Crippen LogP contribution in [0.4, 0.5) is 4.79 Å². The number of hydrogen-bond acceptors (Lipinski definition) is 2. The van der Waals surface area contributed by atoms with Crippen LogP contribution in [0.2, 0.25) is 0 Å². The number of fused-ring (bicyclic) bond motifs is 1. The van der Waals surface area contributed by atoms with E-state index in [1.807, 2.05) is 61.5 Å². The minimum atomic E-state index is -0.873. The van der Waals surface area contributed by atoms with Gasteiger partial charge in [-0.1, -0.05) is 72.8 Å². The largest absolute Gasteiger partial charge is 0.433 e. The Morgan fingerprint density at radius 3 is 2.30 bits per heavy atom. The molecule has 23 heavy (non-hydrogen) atoms. The van der Waals surface area contributed by atoms with Crippen molar-refractivity contribution < 1.29 is 9.53 Å². The molecule has 3 aromatic carbocycles. The molecule has 3 nitrogen and oxygen atoms in total. The molecular formula is C20H19NO2. The quantitative estimate of drug-likeness (QED) is 0.776. The number of carbonyl (C=O) groups excluding carboxylic acids is 1. The Hall–Kier alpha value is -2.81. The second kappa shape index (κ2) is 6.13. The fourth-order valence-corrected chi connectivity index (χ4v) is 2.90. The van der Waals surface area contributed by atoms with Crippen LogP contribution in [0, 0.1) is 0 Å². The fraction of sp³-hybridized carbons (Fsp3) is 0.150. The highest BCUT2D eigenvalue weighted by Crippen LogP contribution is 2.37. The highest BCUT2D eigenvalue weighted by Gasteiger charge is 2.34. The molecule has 0 fully saturated rings. The molecule has 0 aliphatic heterocycles. The van der Waals surface area contributed by atoms with Crippen molar-refractivity contribution in [1.82, 2.24) is 5.32 Å². The van der Waals surface area contributed by atoms with Gasteiger partial charge in [0.1, 0.15) is 0 Å². The van der Waals surface area contributed by atoms with Crippen LogP contribution in [0.15, 0.2) is 72.8 Å². The van der Waals surface area contributed by atoms with E-state index in [0.717, 1.165) is 21.9 Å². The summed E-state index contributed by atoms with van der Waals surface area (Å²) in [5.74, 6) is 0. The zero-order valence-corrected chi connectivity index (χ0v) is 13.2. The Morgan fingerprint density at radius 2 is 1.57 bits per heavy atom. The Balaban J connectivity index is 2.24. The molecule has 3 rings (SSSR count). The van der Waals surface area contributed by atoms with E-state index in [-0.39, 0.29) is 0 Å². The van der Waals surface area contributed by atoms with E-state index in [1.165, 1.54) is 0 Å². The van der Waals surface area contributed by atoms with E-state index >= 15 is 0 Å². The van der Waals surface area contributed by atoms with E-state index in [4.69, 9.17) is 4.74 Å². The van der Waals surface area contributed by atoms with Gasteiger partial charge >= 0.3 is 6.09 Å². The second-order valence-electron chi connectivity index (χ2n) is 5.57. The van der Waals surface area contributed by atoms with E-state index in [2.05, 4.69) is 23.5 Å². The van der Waals surface area contributed by atoms with Crippen LogP contribution in [0.1, 0.15) is 18.1 Å². The normalized spacial score (nSPS) is 13.3. The van der Waals surface area contributed by atoms with E-state index in [0.29, 0.717) is 0 Å². The number of ether oxygens (including phenoxy) is 1. The number of benzene rings is 3. The summed E-state index contributed by atoms with van der Waals surface area (Å²) >= 11 is 0. The first kappa shape index (κ1) is 15.1. The number of alkyl carbamates (subject to hydrolysis) is 1. The van der Waals surface area contributed by atoms with Gasteiger partial charge in [0, 0.05) is 12.6 Å². The Bertz CT molecular complexity index is 824. The van der Waals surface area contributed by atoms with Crippen LogP contribution in [0.3, 0.4) is 0 Å². The van der Waals surface area contributed by atoms with Crippen molar-refractivity contribution in [2.75, 3.05) is 7.05 Å². The summed E-state index contributed by atoms with van der Waals surface area (Å²) in [4.78, 5) is 12.0. The molecule has 0 aliphatic carbocycles. The van der Waals surface area contributed by atoms with Crippen LogP contribution in [-0.2, 0) is 10.3 Å². The molecule has 0 radical (unpaired) electrons. The topological polar surface area (TPSA) is 38.3 Å². The standard InChI is InChI=1S/C20H19NO2/c1-20(23-19(22)21-2,16-11-4-3-5-12-16)18-14-8-10-15-9-6-7-13-17(15)18/h3-14H,1-2H3,(H,21,22). The van der Waals surface area contributed by atoms with Crippen LogP contribution < -0.4 is 5.32 Å². The maximum absolute atomic E-state index is 12.0. The lowest BCUT2D eigenvalue weighted by Crippen LogP contribution is -2.34. The molecule has 0 saturated carbocycles. The molecule has 1 unspecified atom stereocenters. The van der Waals surface area contributed by atoms with Crippen LogP contribution in [0.25, 0.3) is 10.8 Å². The van der Waals surface area contributed by atoms with Crippen molar-refractivity contribution in [3.63, 3.8) is 0 Å². The van der Waals surface area contributed by atoms with Crippen molar-refractivity contribution in [3.05, 3.63) is 83.9 Å². The number of rotatable bonds is 3. The van der Waals surface area contributed by atoms with Crippen molar-refractivity contribution >= 4 is 16.9 Å². The lowest BCUT2D eigenvalue weighted by atomic mass is 9.85. The summed E-state index contributed by atoms with van der Waals surface area (Å²) in [5.41, 5.74) is 1.02. The zero-order chi connectivity index (χ0) is 16.3. The molecule has 3 aromatic rings. The predicted molar refractivity (Wildman–Crippen MR) is 92.4 cm³/mol. The number of carbonyl (C=O) groups is 1. The van der Waals surface area contributed by atoms with Crippen molar-refractivity contribution in [2.24, 2.45) is 0 Å². The van der Waals surface area contributed by atoms with Crippen molar-refractivity contribution in [1.29, 1.82) is 0 Å². The molecule has 1 N–H and O–H groups in total. The van der Waals surface area contributed by atoms with Gasteiger partial charge < -0.3 is 10.1 Å². The third kappa shape index (κ3) is 2.78. The van der Waals surface area contributed by atoms with Crippen molar-refractivity contribution in [3.8, 4) is 0 Å². The van der Waals surface area contributed by atoms with E-state index in [1.54, 1.807) is 7.05 Å². The first-order valence-electron chi connectivity index (χ1n) is 7.59. The molecule has 0 spiro atoms. The van der Waals surface area contributed by atoms with Crippen LogP contribution in [-0.4, -0.2) is 13.1 Å². The zero-order valence-electron chi connectivity index (χ0n) is 13.2. The van der Waals surface area contributed by atoms with Gasteiger partial charge in [-0.05, 0) is 23.3 Å². The Labute approximate surface area is 135 Å². The monoisotopic (exact) mass is 305 g/mol. The third-order valence-corrected chi connectivity index (χ3v) is 4.13.